The standard InChI is InChI=1S/C12H16N2O3S/c15-11(16)2-1-5-13-12(17)14-6-3-9-4-7-18-10(9)8-14/h4,7H,1-3,5-6,8H2,(H,13,17)(H,15,16). The quantitative estimate of drug-likeness (QED) is 0.816. The Hall–Kier alpha value is -1.56. The van der Waals surface area contributed by atoms with Crippen LogP contribution in [-0.4, -0.2) is 35.1 Å². The first kappa shape index (κ1) is 12.9. The van der Waals surface area contributed by atoms with Gasteiger partial charge in [-0.2, -0.15) is 0 Å². The number of amides is 2. The molecule has 0 radical (unpaired) electrons. The van der Waals surface area contributed by atoms with Crippen molar-refractivity contribution in [3.05, 3.63) is 21.9 Å². The van der Waals surface area contributed by atoms with Gasteiger partial charge >= 0.3 is 12.0 Å². The molecule has 2 amide bonds. The Kier molecular flexibility index (Phi) is 4.19. The third kappa shape index (κ3) is 3.22. The molecule has 0 aliphatic carbocycles. The SMILES string of the molecule is O=C(O)CCCNC(=O)N1CCc2ccsc2C1. The number of hydrogen-bond acceptors (Lipinski definition) is 3. The number of rotatable bonds is 4. The third-order valence-electron chi connectivity index (χ3n) is 2.95. The summed E-state index contributed by atoms with van der Waals surface area (Å²) >= 11 is 1.68. The van der Waals surface area contributed by atoms with Crippen molar-refractivity contribution in [1.82, 2.24) is 10.2 Å². The van der Waals surface area contributed by atoms with Gasteiger partial charge in [0.15, 0.2) is 0 Å². The summed E-state index contributed by atoms with van der Waals surface area (Å²) in [6.45, 7) is 1.81. The highest BCUT2D eigenvalue weighted by atomic mass is 32.1. The molecule has 0 bridgehead atoms. The predicted octanol–water partition coefficient (Wildman–Crippen LogP) is 1.68. The van der Waals surface area contributed by atoms with E-state index in [4.69, 9.17) is 5.11 Å². The van der Waals surface area contributed by atoms with Crippen molar-refractivity contribution in [3.8, 4) is 0 Å². The second-order valence-electron chi connectivity index (χ2n) is 4.27. The number of urea groups is 1. The molecular weight excluding hydrogens is 252 g/mol. The summed E-state index contributed by atoms with van der Waals surface area (Å²) in [5.74, 6) is -0.828. The lowest BCUT2D eigenvalue weighted by Gasteiger charge is -2.27. The van der Waals surface area contributed by atoms with E-state index in [0.717, 1.165) is 13.0 Å². The Labute approximate surface area is 109 Å². The molecule has 1 aliphatic rings. The van der Waals surface area contributed by atoms with E-state index in [1.807, 2.05) is 0 Å². The van der Waals surface area contributed by atoms with E-state index < -0.39 is 5.97 Å². The van der Waals surface area contributed by atoms with Crippen LogP contribution in [0.25, 0.3) is 0 Å². The van der Waals surface area contributed by atoms with Crippen LogP contribution < -0.4 is 5.32 Å². The molecule has 0 spiro atoms. The predicted molar refractivity (Wildman–Crippen MR) is 68.7 cm³/mol. The minimum atomic E-state index is -0.828. The molecule has 0 saturated carbocycles. The molecule has 2 heterocycles. The molecule has 0 atom stereocenters. The Morgan fingerprint density at radius 1 is 1.50 bits per heavy atom. The largest absolute Gasteiger partial charge is 0.481 e. The van der Waals surface area contributed by atoms with Crippen molar-refractivity contribution in [2.24, 2.45) is 0 Å². The number of thiophene rings is 1. The van der Waals surface area contributed by atoms with Crippen LogP contribution in [0.5, 0.6) is 0 Å². The van der Waals surface area contributed by atoms with Crippen LogP contribution in [0.4, 0.5) is 4.79 Å². The average Bonchev–Trinajstić information content (AvgIpc) is 2.81. The average molecular weight is 268 g/mol. The van der Waals surface area contributed by atoms with Crippen molar-refractivity contribution in [2.75, 3.05) is 13.1 Å². The minimum Gasteiger partial charge on any atom is -0.481 e. The Balaban J connectivity index is 1.75. The van der Waals surface area contributed by atoms with Gasteiger partial charge in [-0.1, -0.05) is 0 Å². The summed E-state index contributed by atoms with van der Waals surface area (Å²) in [5.41, 5.74) is 1.34. The molecule has 0 unspecified atom stereocenters. The monoisotopic (exact) mass is 268 g/mol. The number of nitrogens with zero attached hydrogens (tertiary/aromatic N) is 1. The van der Waals surface area contributed by atoms with Crippen LogP contribution in [-0.2, 0) is 17.8 Å². The van der Waals surface area contributed by atoms with Crippen molar-refractivity contribution >= 4 is 23.3 Å². The molecule has 0 saturated heterocycles. The molecule has 2 rings (SSSR count). The second kappa shape index (κ2) is 5.86. The highest BCUT2D eigenvalue weighted by Gasteiger charge is 2.20. The summed E-state index contributed by atoms with van der Waals surface area (Å²) in [7, 11) is 0. The summed E-state index contributed by atoms with van der Waals surface area (Å²) in [4.78, 5) is 25.2. The lowest BCUT2D eigenvalue weighted by Crippen LogP contribution is -2.42. The molecule has 2 N–H and O–H groups in total. The summed E-state index contributed by atoms with van der Waals surface area (Å²) in [5, 5.41) is 13.3. The normalized spacial score (nSPS) is 14.1. The molecule has 0 aromatic carbocycles. The maximum Gasteiger partial charge on any atom is 0.317 e. The van der Waals surface area contributed by atoms with Crippen LogP contribution in [0.1, 0.15) is 23.3 Å². The van der Waals surface area contributed by atoms with Gasteiger partial charge in [-0.25, -0.2) is 4.79 Å². The van der Waals surface area contributed by atoms with Crippen molar-refractivity contribution in [2.45, 2.75) is 25.8 Å². The van der Waals surface area contributed by atoms with Gasteiger partial charge in [0.2, 0.25) is 0 Å². The van der Waals surface area contributed by atoms with Gasteiger partial charge in [-0.15, -0.1) is 11.3 Å². The van der Waals surface area contributed by atoms with Gasteiger partial charge < -0.3 is 15.3 Å². The summed E-state index contributed by atoms with van der Waals surface area (Å²) < 4.78 is 0. The summed E-state index contributed by atoms with van der Waals surface area (Å²) in [6, 6.07) is 2.02. The maximum atomic E-state index is 11.8. The van der Waals surface area contributed by atoms with Crippen molar-refractivity contribution in [1.29, 1.82) is 0 Å². The van der Waals surface area contributed by atoms with Crippen LogP contribution in [0, 0.1) is 0 Å². The molecular formula is C12H16N2O3S. The fourth-order valence-electron chi connectivity index (χ4n) is 1.96. The van der Waals surface area contributed by atoms with Gasteiger partial charge in [-0.3, -0.25) is 4.79 Å². The van der Waals surface area contributed by atoms with E-state index >= 15 is 0 Å². The Morgan fingerprint density at radius 3 is 3.11 bits per heavy atom. The van der Waals surface area contributed by atoms with E-state index in [2.05, 4.69) is 16.8 Å². The number of carbonyl (C=O) groups is 2. The van der Waals surface area contributed by atoms with E-state index in [1.165, 1.54) is 10.4 Å². The molecule has 0 fully saturated rings. The Morgan fingerprint density at radius 2 is 2.33 bits per heavy atom. The van der Waals surface area contributed by atoms with Gasteiger partial charge in [0, 0.05) is 24.4 Å². The van der Waals surface area contributed by atoms with E-state index in [-0.39, 0.29) is 12.5 Å². The van der Waals surface area contributed by atoms with Crippen LogP contribution in [0.2, 0.25) is 0 Å². The Bertz CT molecular complexity index is 444. The molecule has 1 aromatic heterocycles. The first-order chi connectivity index (χ1) is 8.66. The number of aliphatic carboxylic acids is 1. The van der Waals surface area contributed by atoms with Gasteiger partial charge in [0.1, 0.15) is 0 Å². The third-order valence-corrected chi connectivity index (χ3v) is 3.90. The fraction of sp³-hybridized carbons (Fsp3) is 0.500. The summed E-state index contributed by atoms with van der Waals surface area (Å²) in [6.07, 6.45) is 1.47. The highest BCUT2D eigenvalue weighted by molar-refractivity contribution is 7.10. The topological polar surface area (TPSA) is 69.6 Å². The number of fused-ring (bicyclic) bond motifs is 1. The van der Waals surface area contributed by atoms with Gasteiger partial charge in [-0.05, 0) is 29.9 Å². The minimum absolute atomic E-state index is 0.0926. The number of carboxylic acid groups (broad SMARTS) is 1. The number of carbonyl (C=O) groups excluding carboxylic acids is 1. The zero-order valence-corrected chi connectivity index (χ0v) is 10.8. The zero-order valence-electron chi connectivity index (χ0n) is 10.0. The van der Waals surface area contributed by atoms with E-state index in [1.54, 1.807) is 16.2 Å². The molecule has 6 heteroatoms. The highest BCUT2D eigenvalue weighted by Crippen LogP contribution is 2.23. The number of nitrogens with one attached hydrogen (secondary N) is 1. The number of carboxylic acids is 1. The lowest BCUT2D eigenvalue weighted by molar-refractivity contribution is -0.137. The first-order valence-corrected chi connectivity index (χ1v) is 6.84. The maximum absolute atomic E-state index is 11.8. The smallest absolute Gasteiger partial charge is 0.317 e. The van der Waals surface area contributed by atoms with Crippen LogP contribution >= 0.6 is 11.3 Å². The first-order valence-electron chi connectivity index (χ1n) is 5.96. The molecule has 1 aromatic rings. The van der Waals surface area contributed by atoms with Gasteiger partial charge in [0.25, 0.3) is 0 Å². The van der Waals surface area contributed by atoms with Crippen LogP contribution in [0.15, 0.2) is 11.4 Å². The van der Waals surface area contributed by atoms with E-state index in [0.29, 0.717) is 19.5 Å². The number of hydrogen-bond donors (Lipinski definition) is 2. The van der Waals surface area contributed by atoms with Crippen molar-refractivity contribution in [3.63, 3.8) is 0 Å². The molecule has 5 nitrogen and oxygen atoms in total. The fourth-order valence-corrected chi connectivity index (χ4v) is 2.90. The van der Waals surface area contributed by atoms with E-state index in [9.17, 15) is 9.59 Å². The zero-order chi connectivity index (χ0) is 13.0. The second-order valence-corrected chi connectivity index (χ2v) is 5.27. The molecule has 1 aliphatic heterocycles. The van der Waals surface area contributed by atoms with Gasteiger partial charge in [0.05, 0.1) is 6.54 Å². The molecule has 18 heavy (non-hydrogen) atoms. The van der Waals surface area contributed by atoms with Crippen molar-refractivity contribution < 1.29 is 14.7 Å². The lowest BCUT2D eigenvalue weighted by atomic mass is 10.1. The van der Waals surface area contributed by atoms with Crippen LogP contribution in [0.3, 0.4) is 0 Å². The molecule has 98 valence electrons.